The second-order valence-corrected chi connectivity index (χ2v) is 4.83. The maximum absolute atomic E-state index is 12.1. The van der Waals surface area contributed by atoms with E-state index in [1.807, 2.05) is 19.9 Å². The molecule has 0 saturated carbocycles. The molecule has 112 valence electrons. The Morgan fingerprint density at radius 1 is 1.10 bits per heavy atom. The standard InChI is InChI=1S/C16H17F2NO2/c1-10-8-15(20)11(2)7-14(10)19-9-12-3-5-13(6-4-12)21-16(17)18/h3-8,16,19-20H,9H2,1-2H3. The minimum absolute atomic E-state index is 0.144. The summed E-state index contributed by atoms with van der Waals surface area (Å²) in [6.45, 7) is 1.48. The summed E-state index contributed by atoms with van der Waals surface area (Å²) in [4.78, 5) is 0. The lowest BCUT2D eigenvalue weighted by Crippen LogP contribution is -2.03. The molecule has 0 aliphatic heterocycles. The summed E-state index contributed by atoms with van der Waals surface area (Å²) in [5.74, 6) is 0.414. The zero-order chi connectivity index (χ0) is 15.4. The fourth-order valence-electron chi connectivity index (χ4n) is 1.98. The Labute approximate surface area is 122 Å². The molecule has 0 fully saturated rings. The van der Waals surface area contributed by atoms with Crippen molar-refractivity contribution in [1.29, 1.82) is 0 Å². The van der Waals surface area contributed by atoms with Crippen LogP contribution in [-0.2, 0) is 6.54 Å². The number of ether oxygens (including phenoxy) is 1. The highest BCUT2D eigenvalue weighted by Crippen LogP contribution is 2.25. The first-order valence-electron chi connectivity index (χ1n) is 6.53. The van der Waals surface area contributed by atoms with Crippen molar-refractivity contribution in [2.24, 2.45) is 0 Å². The molecule has 0 amide bonds. The van der Waals surface area contributed by atoms with Gasteiger partial charge in [-0.15, -0.1) is 0 Å². The summed E-state index contributed by atoms with van der Waals surface area (Å²) in [6.07, 6.45) is 0. The Kier molecular flexibility index (Phi) is 4.62. The average Bonchev–Trinajstić information content (AvgIpc) is 2.42. The number of aromatic hydroxyl groups is 1. The Hall–Kier alpha value is -2.30. The Morgan fingerprint density at radius 3 is 2.38 bits per heavy atom. The quantitative estimate of drug-likeness (QED) is 0.811. The van der Waals surface area contributed by atoms with Crippen LogP contribution in [0.5, 0.6) is 11.5 Å². The van der Waals surface area contributed by atoms with E-state index in [1.165, 1.54) is 12.1 Å². The molecule has 3 nitrogen and oxygen atoms in total. The second-order valence-electron chi connectivity index (χ2n) is 4.83. The van der Waals surface area contributed by atoms with E-state index < -0.39 is 6.61 Å². The van der Waals surface area contributed by atoms with Crippen LogP contribution in [0.15, 0.2) is 36.4 Å². The largest absolute Gasteiger partial charge is 0.508 e. The van der Waals surface area contributed by atoms with Crippen LogP contribution in [0.2, 0.25) is 0 Å². The molecule has 0 aliphatic rings. The number of phenols is 1. The Morgan fingerprint density at radius 2 is 1.76 bits per heavy atom. The van der Waals surface area contributed by atoms with Gasteiger partial charge in [-0.25, -0.2) is 0 Å². The Bertz CT molecular complexity index is 612. The molecular weight excluding hydrogens is 276 g/mol. The first-order chi connectivity index (χ1) is 9.95. The lowest BCUT2D eigenvalue weighted by atomic mass is 10.1. The number of hydrogen-bond acceptors (Lipinski definition) is 3. The van der Waals surface area contributed by atoms with Crippen LogP contribution < -0.4 is 10.1 Å². The van der Waals surface area contributed by atoms with E-state index in [1.54, 1.807) is 18.2 Å². The second kappa shape index (κ2) is 6.43. The maximum Gasteiger partial charge on any atom is 0.387 e. The van der Waals surface area contributed by atoms with Crippen LogP contribution in [0, 0.1) is 13.8 Å². The van der Waals surface area contributed by atoms with E-state index in [0.717, 1.165) is 22.4 Å². The van der Waals surface area contributed by atoms with Gasteiger partial charge in [-0.2, -0.15) is 8.78 Å². The number of hydrogen-bond donors (Lipinski definition) is 2. The number of anilines is 1. The highest BCUT2D eigenvalue weighted by atomic mass is 19.3. The third kappa shape index (κ3) is 4.08. The van der Waals surface area contributed by atoms with E-state index in [4.69, 9.17) is 0 Å². The van der Waals surface area contributed by atoms with Gasteiger partial charge in [0.1, 0.15) is 11.5 Å². The van der Waals surface area contributed by atoms with Gasteiger partial charge < -0.3 is 15.2 Å². The molecule has 0 saturated heterocycles. The smallest absolute Gasteiger partial charge is 0.387 e. The SMILES string of the molecule is Cc1cc(NCc2ccc(OC(F)F)cc2)c(C)cc1O. The van der Waals surface area contributed by atoms with Crippen LogP contribution in [0.4, 0.5) is 14.5 Å². The summed E-state index contributed by atoms with van der Waals surface area (Å²) >= 11 is 0. The van der Waals surface area contributed by atoms with E-state index in [0.29, 0.717) is 6.54 Å². The molecule has 2 N–H and O–H groups in total. The molecule has 0 bridgehead atoms. The van der Waals surface area contributed by atoms with Crippen molar-refractivity contribution in [3.05, 3.63) is 53.1 Å². The number of rotatable bonds is 5. The van der Waals surface area contributed by atoms with Crippen LogP contribution in [-0.4, -0.2) is 11.7 Å². The molecule has 0 aromatic heterocycles. The average molecular weight is 293 g/mol. The molecule has 0 aliphatic carbocycles. The highest BCUT2D eigenvalue weighted by molar-refractivity contribution is 5.56. The van der Waals surface area contributed by atoms with Crippen molar-refractivity contribution in [3.8, 4) is 11.5 Å². The van der Waals surface area contributed by atoms with Gasteiger partial charge in [0.05, 0.1) is 0 Å². The van der Waals surface area contributed by atoms with Crippen molar-refractivity contribution in [3.63, 3.8) is 0 Å². The first kappa shape index (κ1) is 15.1. The fourth-order valence-corrected chi connectivity index (χ4v) is 1.98. The zero-order valence-electron chi connectivity index (χ0n) is 11.9. The summed E-state index contributed by atoms with van der Waals surface area (Å²) in [7, 11) is 0. The summed E-state index contributed by atoms with van der Waals surface area (Å²) < 4.78 is 28.4. The molecule has 2 aromatic rings. The van der Waals surface area contributed by atoms with Crippen molar-refractivity contribution in [2.45, 2.75) is 27.0 Å². The maximum atomic E-state index is 12.1. The lowest BCUT2D eigenvalue weighted by molar-refractivity contribution is -0.0498. The first-order valence-corrected chi connectivity index (χ1v) is 6.53. The van der Waals surface area contributed by atoms with Crippen molar-refractivity contribution in [1.82, 2.24) is 0 Å². The van der Waals surface area contributed by atoms with E-state index in [-0.39, 0.29) is 11.5 Å². The molecule has 2 aromatic carbocycles. The van der Waals surface area contributed by atoms with E-state index in [2.05, 4.69) is 10.1 Å². The van der Waals surface area contributed by atoms with Crippen molar-refractivity contribution < 1.29 is 18.6 Å². The topological polar surface area (TPSA) is 41.5 Å². The molecular formula is C16H17F2NO2. The van der Waals surface area contributed by atoms with Crippen LogP contribution in [0.1, 0.15) is 16.7 Å². The highest BCUT2D eigenvalue weighted by Gasteiger charge is 2.05. The Balaban J connectivity index is 2.01. The van der Waals surface area contributed by atoms with Gasteiger partial charge >= 0.3 is 6.61 Å². The molecule has 21 heavy (non-hydrogen) atoms. The van der Waals surface area contributed by atoms with Gasteiger partial charge in [0.25, 0.3) is 0 Å². The van der Waals surface area contributed by atoms with E-state index >= 15 is 0 Å². The molecule has 0 spiro atoms. The van der Waals surface area contributed by atoms with Crippen LogP contribution in [0.25, 0.3) is 0 Å². The fraction of sp³-hybridized carbons (Fsp3) is 0.250. The monoisotopic (exact) mass is 293 g/mol. The number of nitrogens with one attached hydrogen (secondary N) is 1. The number of alkyl halides is 2. The van der Waals surface area contributed by atoms with Gasteiger partial charge in [-0.05, 0) is 54.8 Å². The van der Waals surface area contributed by atoms with Gasteiger partial charge in [-0.3, -0.25) is 0 Å². The normalized spacial score (nSPS) is 10.7. The van der Waals surface area contributed by atoms with Gasteiger partial charge in [0, 0.05) is 12.2 Å². The number of aryl methyl sites for hydroxylation is 2. The molecule has 2 rings (SSSR count). The lowest BCUT2D eigenvalue weighted by Gasteiger charge is -2.12. The number of benzene rings is 2. The summed E-state index contributed by atoms with van der Waals surface area (Å²) in [5, 5.41) is 12.9. The molecule has 0 atom stereocenters. The minimum atomic E-state index is -2.81. The van der Waals surface area contributed by atoms with Crippen molar-refractivity contribution in [2.75, 3.05) is 5.32 Å². The zero-order valence-corrected chi connectivity index (χ0v) is 11.9. The molecule has 0 unspecified atom stereocenters. The molecule has 5 heteroatoms. The molecule has 0 radical (unpaired) electrons. The number of halogens is 2. The van der Waals surface area contributed by atoms with E-state index in [9.17, 15) is 13.9 Å². The van der Waals surface area contributed by atoms with Crippen LogP contribution >= 0.6 is 0 Å². The van der Waals surface area contributed by atoms with Gasteiger partial charge in [0.15, 0.2) is 0 Å². The number of phenolic OH excluding ortho intramolecular Hbond substituents is 1. The minimum Gasteiger partial charge on any atom is -0.508 e. The third-order valence-electron chi connectivity index (χ3n) is 3.17. The van der Waals surface area contributed by atoms with Gasteiger partial charge in [-0.1, -0.05) is 12.1 Å². The predicted molar refractivity (Wildman–Crippen MR) is 78.0 cm³/mol. The summed E-state index contributed by atoms with van der Waals surface area (Å²) in [5.41, 5.74) is 3.61. The van der Waals surface area contributed by atoms with Crippen LogP contribution in [0.3, 0.4) is 0 Å². The predicted octanol–water partition coefficient (Wildman–Crippen LogP) is 4.22. The van der Waals surface area contributed by atoms with Gasteiger partial charge in [0.2, 0.25) is 0 Å². The van der Waals surface area contributed by atoms with Crippen molar-refractivity contribution >= 4 is 5.69 Å². The summed E-state index contributed by atoms with van der Waals surface area (Å²) in [6, 6.07) is 10.1. The third-order valence-corrected chi connectivity index (χ3v) is 3.17. The molecule has 0 heterocycles.